The Morgan fingerprint density at radius 1 is 1.22 bits per heavy atom. The first kappa shape index (κ1) is 15.3. The van der Waals surface area contributed by atoms with Crippen molar-refractivity contribution in [2.24, 2.45) is 0 Å². The van der Waals surface area contributed by atoms with Crippen molar-refractivity contribution in [2.75, 3.05) is 13.1 Å². The van der Waals surface area contributed by atoms with E-state index < -0.39 is 12.1 Å². The third-order valence-electron chi connectivity index (χ3n) is 3.89. The zero-order chi connectivity index (χ0) is 16.4. The van der Waals surface area contributed by atoms with Gasteiger partial charge in [0.1, 0.15) is 5.58 Å². The fourth-order valence-electron chi connectivity index (χ4n) is 2.67. The standard InChI is InChI=1S/C17H17NO5/c1-11(16(20)18-8-4-5-9-18)22-17(21)15-10-13(19)12-6-2-3-7-14(12)23-15/h2-3,6-7,10-11H,4-5,8-9H2,1H3/t11-/m1/s1. The molecule has 3 rings (SSSR count). The van der Waals surface area contributed by atoms with Crippen molar-refractivity contribution in [3.05, 3.63) is 46.3 Å². The fraction of sp³-hybridized carbons (Fsp3) is 0.353. The van der Waals surface area contributed by atoms with Gasteiger partial charge in [-0.25, -0.2) is 4.79 Å². The molecule has 2 aromatic rings. The number of para-hydroxylation sites is 1. The Bertz CT molecular complexity index is 804. The largest absolute Gasteiger partial charge is 0.449 e. The van der Waals surface area contributed by atoms with Crippen LogP contribution in [0.15, 0.2) is 39.5 Å². The van der Waals surface area contributed by atoms with Gasteiger partial charge in [0.25, 0.3) is 5.91 Å². The molecule has 0 aliphatic carbocycles. The normalized spacial score (nSPS) is 15.6. The minimum absolute atomic E-state index is 0.199. The molecule has 0 N–H and O–H groups in total. The van der Waals surface area contributed by atoms with Gasteiger partial charge in [-0.05, 0) is 31.9 Å². The lowest BCUT2D eigenvalue weighted by atomic mass is 10.2. The van der Waals surface area contributed by atoms with E-state index in [-0.39, 0.29) is 17.1 Å². The Labute approximate surface area is 132 Å². The molecule has 6 nitrogen and oxygen atoms in total. The van der Waals surface area contributed by atoms with Gasteiger partial charge >= 0.3 is 5.97 Å². The molecule has 0 radical (unpaired) electrons. The molecular weight excluding hydrogens is 298 g/mol. The molecule has 0 saturated carbocycles. The molecule has 1 atom stereocenters. The lowest BCUT2D eigenvalue weighted by molar-refractivity contribution is -0.138. The van der Waals surface area contributed by atoms with Gasteiger partial charge in [0.15, 0.2) is 11.5 Å². The molecule has 120 valence electrons. The van der Waals surface area contributed by atoms with E-state index in [9.17, 15) is 14.4 Å². The molecule has 1 aliphatic rings. The quantitative estimate of drug-likeness (QED) is 0.809. The van der Waals surface area contributed by atoms with Crippen LogP contribution in [-0.4, -0.2) is 36.0 Å². The summed E-state index contributed by atoms with van der Waals surface area (Å²) in [7, 11) is 0. The molecule has 1 aliphatic heterocycles. The number of rotatable bonds is 3. The molecular formula is C17H17NO5. The SMILES string of the molecule is C[C@@H](OC(=O)c1cc(=O)c2ccccc2o1)C(=O)N1CCCC1. The molecule has 0 bridgehead atoms. The summed E-state index contributed by atoms with van der Waals surface area (Å²) in [4.78, 5) is 38.0. The van der Waals surface area contributed by atoms with Crippen molar-refractivity contribution in [2.45, 2.75) is 25.9 Å². The minimum atomic E-state index is -0.905. The molecule has 0 unspecified atom stereocenters. The molecule has 1 amide bonds. The van der Waals surface area contributed by atoms with Gasteiger partial charge in [0.2, 0.25) is 5.76 Å². The van der Waals surface area contributed by atoms with Crippen LogP contribution in [0.25, 0.3) is 11.0 Å². The zero-order valence-electron chi connectivity index (χ0n) is 12.8. The third-order valence-corrected chi connectivity index (χ3v) is 3.89. The van der Waals surface area contributed by atoms with E-state index in [0.29, 0.717) is 24.1 Å². The van der Waals surface area contributed by atoms with E-state index in [1.54, 1.807) is 29.2 Å². The number of fused-ring (bicyclic) bond motifs is 1. The van der Waals surface area contributed by atoms with E-state index in [2.05, 4.69) is 0 Å². The first-order valence-corrected chi connectivity index (χ1v) is 7.59. The zero-order valence-corrected chi connectivity index (χ0v) is 12.8. The molecule has 1 saturated heterocycles. The number of esters is 1. The van der Waals surface area contributed by atoms with Crippen molar-refractivity contribution in [3.8, 4) is 0 Å². The van der Waals surface area contributed by atoms with E-state index >= 15 is 0 Å². The number of benzene rings is 1. The summed E-state index contributed by atoms with van der Waals surface area (Å²) in [6.07, 6.45) is 1.02. The van der Waals surface area contributed by atoms with Crippen LogP contribution in [0.5, 0.6) is 0 Å². The van der Waals surface area contributed by atoms with Crippen LogP contribution in [-0.2, 0) is 9.53 Å². The average Bonchev–Trinajstić information content (AvgIpc) is 3.08. The van der Waals surface area contributed by atoms with Gasteiger partial charge in [-0.2, -0.15) is 0 Å². The number of hydrogen-bond donors (Lipinski definition) is 0. The van der Waals surface area contributed by atoms with Crippen LogP contribution >= 0.6 is 0 Å². The molecule has 1 fully saturated rings. The van der Waals surface area contributed by atoms with Gasteiger partial charge in [-0.15, -0.1) is 0 Å². The first-order valence-electron chi connectivity index (χ1n) is 7.59. The molecule has 1 aromatic heterocycles. The van der Waals surface area contributed by atoms with Crippen LogP contribution in [0.2, 0.25) is 0 Å². The topological polar surface area (TPSA) is 76.8 Å². The second-order valence-corrected chi connectivity index (χ2v) is 5.55. The lowest BCUT2D eigenvalue weighted by Crippen LogP contribution is -2.38. The summed E-state index contributed by atoms with van der Waals surface area (Å²) in [5, 5.41) is 0.394. The fourth-order valence-corrected chi connectivity index (χ4v) is 2.67. The highest BCUT2D eigenvalue weighted by Gasteiger charge is 2.27. The van der Waals surface area contributed by atoms with Crippen molar-refractivity contribution >= 4 is 22.8 Å². The summed E-state index contributed by atoms with van der Waals surface area (Å²) in [5.41, 5.74) is -0.0113. The smallest absolute Gasteiger partial charge is 0.375 e. The number of amides is 1. The average molecular weight is 315 g/mol. The maximum atomic E-state index is 12.1. The van der Waals surface area contributed by atoms with Crippen molar-refractivity contribution in [3.63, 3.8) is 0 Å². The van der Waals surface area contributed by atoms with Crippen molar-refractivity contribution in [1.29, 1.82) is 0 Å². The van der Waals surface area contributed by atoms with Crippen LogP contribution in [0.3, 0.4) is 0 Å². The van der Waals surface area contributed by atoms with Gasteiger partial charge in [0, 0.05) is 19.2 Å². The Balaban J connectivity index is 1.77. The van der Waals surface area contributed by atoms with Crippen molar-refractivity contribution < 1.29 is 18.7 Å². The molecule has 6 heteroatoms. The molecule has 0 spiro atoms. The first-order chi connectivity index (χ1) is 11.1. The van der Waals surface area contributed by atoms with E-state index in [0.717, 1.165) is 18.9 Å². The Morgan fingerprint density at radius 3 is 2.65 bits per heavy atom. The highest BCUT2D eigenvalue weighted by Crippen LogP contribution is 2.15. The van der Waals surface area contributed by atoms with E-state index in [4.69, 9.17) is 9.15 Å². The number of nitrogens with zero attached hydrogens (tertiary/aromatic N) is 1. The molecule has 2 heterocycles. The maximum Gasteiger partial charge on any atom is 0.375 e. The Kier molecular flexibility index (Phi) is 4.14. The second-order valence-electron chi connectivity index (χ2n) is 5.55. The number of ether oxygens (including phenoxy) is 1. The monoisotopic (exact) mass is 315 g/mol. The Hall–Kier alpha value is -2.63. The van der Waals surface area contributed by atoms with Gasteiger partial charge in [-0.3, -0.25) is 9.59 Å². The summed E-state index contributed by atoms with van der Waals surface area (Å²) in [6, 6.07) is 7.74. The van der Waals surface area contributed by atoms with Gasteiger partial charge in [-0.1, -0.05) is 12.1 Å². The van der Waals surface area contributed by atoms with Crippen LogP contribution in [0.4, 0.5) is 0 Å². The summed E-state index contributed by atoms with van der Waals surface area (Å²) in [6.45, 7) is 2.90. The van der Waals surface area contributed by atoms with Crippen molar-refractivity contribution in [1.82, 2.24) is 4.90 Å². The highest BCUT2D eigenvalue weighted by atomic mass is 16.6. The van der Waals surface area contributed by atoms with Crippen LogP contribution in [0, 0.1) is 0 Å². The predicted molar refractivity (Wildman–Crippen MR) is 83.2 cm³/mol. The number of carbonyl (C=O) groups is 2. The summed E-state index contributed by atoms with van der Waals surface area (Å²) >= 11 is 0. The van der Waals surface area contributed by atoms with Gasteiger partial charge in [0.05, 0.1) is 5.39 Å². The number of likely N-dealkylation sites (tertiary alicyclic amines) is 1. The van der Waals surface area contributed by atoms with Crippen LogP contribution < -0.4 is 5.43 Å². The van der Waals surface area contributed by atoms with Crippen LogP contribution in [0.1, 0.15) is 30.3 Å². The third kappa shape index (κ3) is 3.11. The predicted octanol–water partition coefficient (Wildman–Crippen LogP) is 1.96. The highest BCUT2D eigenvalue weighted by molar-refractivity contribution is 5.91. The molecule has 1 aromatic carbocycles. The summed E-state index contributed by atoms with van der Waals surface area (Å²) < 4.78 is 10.6. The van der Waals surface area contributed by atoms with E-state index in [1.165, 1.54) is 6.92 Å². The minimum Gasteiger partial charge on any atom is -0.449 e. The van der Waals surface area contributed by atoms with E-state index in [1.807, 2.05) is 0 Å². The lowest BCUT2D eigenvalue weighted by Gasteiger charge is -2.20. The maximum absolute atomic E-state index is 12.1. The number of carbonyl (C=O) groups excluding carboxylic acids is 2. The second kappa shape index (κ2) is 6.24. The Morgan fingerprint density at radius 2 is 1.91 bits per heavy atom. The molecule has 23 heavy (non-hydrogen) atoms. The van der Waals surface area contributed by atoms with Gasteiger partial charge < -0.3 is 14.1 Å². The number of hydrogen-bond acceptors (Lipinski definition) is 5. The summed E-state index contributed by atoms with van der Waals surface area (Å²) in [5.74, 6) is -1.23.